The van der Waals surface area contributed by atoms with Crippen molar-refractivity contribution in [3.05, 3.63) is 0 Å². The molecule has 0 aromatic carbocycles. The van der Waals surface area contributed by atoms with E-state index in [2.05, 4.69) is 45.7 Å². The summed E-state index contributed by atoms with van der Waals surface area (Å²) < 4.78 is 31.0. The zero-order chi connectivity index (χ0) is 44.0. The Hall–Kier alpha value is -0.336. The van der Waals surface area contributed by atoms with E-state index in [1.165, 1.54) is 116 Å². The maximum absolute atomic E-state index is 13.0. The normalized spacial score (nSPS) is 13.0. The molecule has 0 aliphatic carbocycles. The summed E-state index contributed by atoms with van der Waals surface area (Å²) in [4.78, 5) is 15.6. The molecule has 2 radical (unpaired) electrons. The molecule has 1 N–H and O–H groups in total. The molecule has 0 fully saturated rings. The van der Waals surface area contributed by atoms with Crippen molar-refractivity contribution in [2.45, 2.75) is 265 Å². The van der Waals surface area contributed by atoms with Gasteiger partial charge in [-0.2, -0.15) is 0 Å². The van der Waals surface area contributed by atoms with E-state index in [1.807, 2.05) is 0 Å². The Balaban J connectivity index is 4.67. The number of ether oxygens (including phenoxy) is 2. The van der Waals surface area contributed by atoms with Gasteiger partial charge in [0.2, 0.25) is 0 Å². The molecule has 0 saturated carbocycles. The van der Waals surface area contributed by atoms with Gasteiger partial charge in [0, 0.05) is 19.8 Å². The third-order valence-corrected chi connectivity index (χ3v) is 15.3. The largest absolute Gasteiger partial charge is 0.465 e. The Morgan fingerprint density at radius 2 is 0.900 bits per heavy atom. The lowest BCUT2D eigenvalue weighted by molar-refractivity contribution is -0.149. The van der Waals surface area contributed by atoms with Gasteiger partial charge in [-0.15, -0.1) is 0 Å². The first kappa shape index (κ1) is 59.7. The Kier molecular flexibility index (Phi) is 47.9. The summed E-state index contributed by atoms with van der Waals surface area (Å²) in [6, 6.07) is 0. The van der Waals surface area contributed by atoms with Gasteiger partial charge in [-0.05, 0) is 103 Å². The van der Waals surface area contributed by atoms with E-state index in [0.29, 0.717) is 6.61 Å². The van der Waals surface area contributed by atoms with Crippen molar-refractivity contribution in [2.24, 2.45) is 5.92 Å². The van der Waals surface area contributed by atoms with Gasteiger partial charge in [-0.25, -0.2) is 0 Å². The van der Waals surface area contributed by atoms with Crippen molar-refractivity contribution in [1.82, 2.24) is 4.90 Å². The van der Waals surface area contributed by atoms with Gasteiger partial charge in [0.1, 0.15) is 6.29 Å². The molecule has 0 rings (SSSR count). The third kappa shape index (κ3) is 41.7. The van der Waals surface area contributed by atoms with Crippen LogP contribution in [0.4, 0.5) is 0 Å². The first-order valence-corrected chi connectivity index (χ1v) is 29.8. The van der Waals surface area contributed by atoms with E-state index in [1.54, 1.807) is 0 Å². The number of hydrogen-bond acceptors (Lipinski definition) is 8. The van der Waals surface area contributed by atoms with Crippen molar-refractivity contribution < 1.29 is 32.3 Å². The number of aliphatic hydroxyl groups excluding tert-OH is 1. The molecular weight excluding hydrogens is 783 g/mol. The summed E-state index contributed by atoms with van der Waals surface area (Å²) in [6.07, 6.45) is 40.0. The molecule has 358 valence electrons. The number of unbranched alkanes of at least 4 members (excludes halogenated alkanes) is 24. The lowest BCUT2D eigenvalue weighted by Gasteiger charge is -2.24. The second kappa shape index (κ2) is 48.1. The molecule has 60 heavy (non-hydrogen) atoms. The Bertz CT molecular complexity index is 859. The zero-order valence-electron chi connectivity index (χ0n) is 41.0. The van der Waals surface area contributed by atoms with Gasteiger partial charge in [0.15, 0.2) is 0 Å². The molecule has 0 spiro atoms. The Morgan fingerprint density at radius 1 is 0.483 bits per heavy atom. The molecule has 0 aliphatic heterocycles. The third-order valence-electron chi connectivity index (χ3n) is 11.7. The molecule has 8 nitrogen and oxygen atoms in total. The van der Waals surface area contributed by atoms with Crippen LogP contribution in [0.3, 0.4) is 0 Å². The van der Waals surface area contributed by atoms with E-state index < -0.39 is 18.6 Å². The highest BCUT2D eigenvalue weighted by Gasteiger charge is 2.22. The van der Waals surface area contributed by atoms with Crippen LogP contribution in [-0.4, -0.2) is 86.9 Å². The van der Waals surface area contributed by atoms with Crippen LogP contribution in [0.25, 0.3) is 0 Å². The Labute approximate surface area is 377 Å². The number of nitrogens with zero attached hydrogens (tertiary/aromatic N) is 1. The zero-order valence-corrected chi connectivity index (χ0v) is 43.0. The number of rotatable bonds is 50. The topological polar surface area (TPSA) is 86.7 Å². The quantitative estimate of drug-likeness (QED) is 0.0280. The predicted molar refractivity (Wildman–Crippen MR) is 259 cm³/mol. The van der Waals surface area contributed by atoms with E-state index in [-0.39, 0.29) is 24.8 Å². The summed E-state index contributed by atoms with van der Waals surface area (Å²) in [5.41, 5.74) is 0. The van der Waals surface area contributed by atoms with E-state index in [4.69, 9.17) is 22.4 Å². The van der Waals surface area contributed by atoms with Crippen molar-refractivity contribution in [3.63, 3.8) is 0 Å². The fourth-order valence-corrected chi connectivity index (χ4v) is 10.9. The molecule has 0 saturated heterocycles. The number of esters is 1. The number of carbonyl (C=O) groups is 1. The van der Waals surface area contributed by atoms with Crippen LogP contribution in [0.5, 0.6) is 0 Å². The SMILES string of the molecule is CCCCCCCCOC(CCCCCN(CCCCO)CCCCCCOC(=O)C(CCCCCC)CCCCCCCC)O[Si](C)O[Si](C)OCCCCCCCC. The molecular formula is C50H103NO7Si2. The van der Waals surface area contributed by atoms with E-state index in [0.717, 1.165) is 136 Å². The van der Waals surface area contributed by atoms with Gasteiger partial charge in [-0.3, -0.25) is 4.79 Å². The van der Waals surface area contributed by atoms with Crippen LogP contribution in [0, 0.1) is 5.92 Å². The van der Waals surface area contributed by atoms with Gasteiger partial charge in [0.25, 0.3) is 0 Å². The van der Waals surface area contributed by atoms with Crippen molar-refractivity contribution >= 4 is 24.5 Å². The lowest BCUT2D eigenvalue weighted by atomic mass is 9.94. The molecule has 0 aromatic rings. The molecule has 10 heteroatoms. The van der Waals surface area contributed by atoms with Crippen LogP contribution in [0.2, 0.25) is 13.1 Å². The van der Waals surface area contributed by atoms with Gasteiger partial charge < -0.3 is 32.4 Å². The fraction of sp³-hybridized carbons (Fsp3) is 0.980. The highest BCUT2D eigenvalue weighted by Crippen LogP contribution is 2.21. The predicted octanol–water partition coefficient (Wildman–Crippen LogP) is 14.4. The average Bonchev–Trinajstić information content (AvgIpc) is 3.23. The first-order chi connectivity index (χ1) is 29.4. The highest BCUT2D eigenvalue weighted by molar-refractivity contribution is 6.57. The average molecular weight is 887 g/mol. The summed E-state index contributed by atoms with van der Waals surface area (Å²) in [7, 11) is -2.78. The van der Waals surface area contributed by atoms with Crippen LogP contribution >= 0.6 is 0 Å². The van der Waals surface area contributed by atoms with Crippen LogP contribution in [0.15, 0.2) is 0 Å². The number of carbonyl (C=O) groups excluding carboxylic acids is 1. The van der Waals surface area contributed by atoms with E-state index >= 15 is 0 Å². The molecule has 0 heterocycles. The summed E-state index contributed by atoms with van der Waals surface area (Å²) in [5.74, 6) is 0.145. The summed E-state index contributed by atoms with van der Waals surface area (Å²) >= 11 is 0. The van der Waals surface area contributed by atoms with Crippen molar-refractivity contribution in [1.29, 1.82) is 0 Å². The van der Waals surface area contributed by atoms with Crippen LogP contribution in [0.1, 0.15) is 246 Å². The smallest absolute Gasteiger partial charge is 0.373 e. The molecule has 0 bridgehead atoms. The monoisotopic (exact) mass is 886 g/mol. The van der Waals surface area contributed by atoms with Crippen molar-refractivity contribution in [3.8, 4) is 0 Å². The van der Waals surface area contributed by atoms with Gasteiger partial charge in [0.05, 0.1) is 12.5 Å². The molecule has 0 aliphatic rings. The molecule has 2 unspecified atom stereocenters. The van der Waals surface area contributed by atoms with Crippen molar-refractivity contribution in [2.75, 3.05) is 46.1 Å². The van der Waals surface area contributed by atoms with Gasteiger partial charge in [-0.1, -0.05) is 175 Å². The molecule has 0 aromatic heterocycles. The first-order valence-electron chi connectivity index (χ1n) is 26.2. The van der Waals surface area contributed by atoms with Crippen LogP contribution in [-0.2, 0) is 27.2 Å². The molecule has 2 atom stereocenters. The minimum Gasteiger partial charge on any atom is -0.465 e. The lowest BCUT2D eigenvalue weighted by Crippen LogP contribution is -2.34. The second-order valence-electron chi connectivity index (χ2n) is 17.7. The standard InChI is InChI=1S/C50H103NO7Si2/c1-7-11-15-19-22-29-39-48(38-28-18-14-10-4)50(53)55-46-36-26-23-31-41-51(43-33-34-44-52)42-32-27-30-40-49(54-45-35-24-20-16-12-8-2)57-60(6)58-59(5)56-47-37-25-21-17-13-9-3/h48-49,52H,7-47H2,1-6H3. The summed E-state index contributed by atoms with van der Waals surface area (Å²) in [5, 5.41) is 9.42. The van der Waals surface area contributed by atoms with Crippen LogP contribution < -0.4 is 0 Å². The second-order valence-corrected chi connectivity index (χ2v) is 21.0. The maximum Gasteiger partial charge on any atom is 0.373 e. The fourth-order valence-electron chi connectivity index (χ4n) is 7.87. The highest BCUT2D eigenvalue weighted by atomic mass is 28.4. The van der Waals surface area contributed by atoms with Gasteiger partial charge >= 0.3 is 24.5 Å². The number of aliphatic hydroxyl groups is 1. The number of hydrogen-bond donors (Lipinski definition) is 1. The van der Waals surface area contributed by atoms with E-state index in [9.17, 15) is 9.90 Å². The molecule has 0 amide bonds. The minimum absolute atomic E-state index is 0.0567. The summed E-state index contributed by atoms with van der Waals surface area (Å²) in [6.45, 7) is 18.8. The maximum atomic E-state index is 13.0. The minimum atomic E-state index is -1.46. The Morgan fingerprint density at radius 3 is 1.45 bits per heavy atom.